The lowest BCUT2D eigenvalue weighted by atomic mass is 9.88. The molecule has 2 atom stereocenters. The van der Waals surface area contributed by atoms with Gasteiger partial charge in [-0.2, -0.15) is 0 Å². The summed E-state index contributed by atoms with van der Waals surface area (Å²) in [7, 11) is 2.06. The second-order valence-electron chi connectivity index (χ2n) is 5.40. The van der Waals surface area contributed by atoms with E-state index in [1.807, 2.05) is 24.4 Å². The minimum atomic E-state index is -0.753. The zero-order valence-corrected chi connectivity index (χ0v) is 10.8. The maximum absolute atomic E-state index is 10.9. The lowest BCUT2D eigenvalue weighted by molar-refractivity contribution is 0.0501. The van der Waals surface area contributed by atoms with Crippen molar-refractivity contribution in [3.05, 3.63) is 42.2 Å². The molecule has 2 aromatic rings. The van der Waals surface area contributed by atoms with Crippen LogP contribution in [-0.2, 0) is 5.60 Å². The molecule has 1 aromatic carbocycles. The number of nitrogens with zero attached hydrogens (tertiary/aromatic N) is 2. The van der Waals surface area contributed by atoms with Crippen molar-refractivity contribution in [1.29, 1.82) is 0 Å². The third kappa shape index (κ3) is 1.71. The van der Waals surface area contributed by atoms with Crippen LogP contribution in [-0.4, -0.2) is 34.6 Å². The van der Waals surface area contributed by atoms with Gasteiger partial charge < -0.3 is 10.0 Å². The number of likely N-dealkylation sites (tertiary alicyclic amines) is 1. The van der Waals surface area contributed by atoms with E-state index < -0.39 is 5.60 Å². The van der Waals surface area contributed by atoms with Crippen molar-refractivity contribution >= 4 is 10.8 Å². The predicted molar refractivity (Wildman–Crippen MR) is 72.3 cm³/mol. The number of β-amino-alcohol motifs (C(OH)–C–C–N with tert-alkyl or cyclic N) is 1. The smallest absolute Gasteiger partial charge is 0.104 e. The first-order valence-electron chi connectivity index (χ1n) is 6.36. The zero-order valence-electron chi connectivity index (χ0n) is 10.8. The monoisotopic (exact) mass is 242 g/mol. The van der Waals surface area contributed by atoms with Crippen LogP contribution in [0.15, 0.2) is 36.7 Å². The number of hydrogen-bond acceptors (Lipinski definition) is 3. The van der Waals surface area contributed by atoms with E-state index in [9.17, 15) is 5.11 Å². The van der Waals surface area contributed by atoms with Crippen molar-refractivity contribution in [2.24, 2.45) is 0 Å². The SMILES string of the molecule is CC1CC(O)(c2cccc3ccncc23)CN1C. The molecule has 2 heterocycles. The van der Waals surface area contributed by atoms with Crippen molar-refractivity contribution in [3.63, 3.8) is 0 Å². The molecule has 0 aliphatic carbocycles. The van der Waals surface area contributed by atoms with Gasteiger partial charge in [0.1, 0.15) is 5.60 Å². The Bertz CT molecular complexity index is 566. The number of aromatic nitrogens is 1. The Morgan fingerprint density at radius 1 is 1.39 bits per heavy atom. The lowest BCUT2D eigenvalue weighted by Gasteiger charge is -2.24. The molecule has 1 N–H and O–H groups in total. The maximum Gasteiger partial charge on any atom is 0.104 e. The summed E-state index contributed by atoms with van der Waals surface area (Å²) in [5, 5.41) is 13.1. The Hall–Kier alpha value is -1.45. The fourth-order valence-corrected chi connectivity index (χ4v) is 2.99. The first kappa shape index (κ1) is 11.6. The summed E-state index contributed by atoms with van der Waals surface area (Å²) in [4.78, 5) is 6.39. The van der Waals surface area contributed by atoms with Crippen molar-refractivity contribution in [3.8, 4) is 0 Å². The first-order chi connectivity index (χ1) is 8.60. The van der Waals surface area contributed by atoms with Gasteiger partial charge in [-0.25, -0.2) is 0 Å². The lowest BCUT2D eigenvalue weighted by Crippen LogP contribution is -2.29. The van der Waals surface area contributed by atoms with Gasteiger partial charge in [0.15, 0.2) is 0 Å². The Morgan fingerprint density at radius 3 is 2.94 bits per heavy atom. The summed E-state index contributed by atoms with van der Waals surface area (Å²) in [6, 6.07) is 8.49. The van der Waals surface area contributed by atoms with Crippen LogP contribution in [0.5, 0.6) is 0 Å². The highest BCUT2D eigenvalue weighted by Crippen LogP contribution is 2.37. The van der Waals surface area contributed by atoms with Crippen LogP contribution in [0.4, 0.5) is 0 Å². The fourth-order valence-electron chi connectivity index (χ4n) is 2.99. The van der Waals surface area contributed by atoms with E-state index in [1.54, 1.807) is 6.20 Å². The van der Waals surface area contributed by atoms with Crippen LogP contribution in [0, 0.1) is 0 Å². The Kier molecular flexibility index (Phi) is 2.61. The number of pyridine rings is 1. The standard InChI is InChI=1S/C15H18N2O/c1-11-8-15(18,10-17(11)2)14-5-3-4-12-6-7-16-9-13(12)14/h3-7,9,11,18H,8,10H2,1-2H3. The van der Waals surface area contributed by atoms with Crippen LogP contribution in [0.25, 0.3) is 10.8 Å². The Labute approximate surface area is 107 Å². The molecule has 2 unspecified atom stereocenters. The normalized spacial score (nSPS) is 28.9. The Balaban J connectivity index is 2.15. The number of rotatable bonds is 1. The number of likely N-dealkylation sites (N-methyl/N-ethyl adjacent to an activating group) is 1. The number of fused-ring (bicyclic) bond motifs is 1. The summed E-state index contributed by atoms with van der Waals surface area (Å²) in [5.74, 6) is 0. The van der Waals surface area contributed by atoms with Crippen LogP contribution >= 0.6 is 0 Å². The molecule has 1 aliphatic heterocycles. The first-order valence-corrected chi connectivity index (χ1v) is 6.36. The largest absolute Gasteiger partial charge is 0.384 e. The van der Waals surface area contributed by atoms with E-state index in [4.69, 9.17) is 0 Å². The summed E-state index contributed by atoms with van der Waals surface area (Å²) in [6.45, 7) is 2.84. The average Bonchev–Trinajstić information content (AvgIpc) is 2.63. The molecule has 1 fully saturated rings. The third-order valence-electron chi connectivity index (χ3n) is 4.08. The minimum absolute atomic E-state index is 0.405. The summed E-state index contributed by atoms with van der Waals surface area (Å²) >= 11 is 0. The van der Waals surface area contributed by atoms with Crippen molar-refractivity contribution < 1.29 is 5.11 Å². The summed E-state index contributed by atoms with van der Waals surface area (Å²) in [5.41, 5.74) is 0.251. The molecular weight excluding hydrogens is 224 g/mol. The highest BCUT2D eigenvalue weighted by molar-refractivity contribution is 5.85. The topological polar surface area (TPSA) is 36.4 Å². The predicted octanol–water partition coefficient (Wildman–Crippen LogP) is 2.15. The van der Waals surface area contributed by atoms with Gasteiger partial charge in [0.05, 0.1) is 0 Å². The summed E-state index contributed by atoms with van der Waals surface area (Å²) in [6.07, 6.45) is 4.42. The van der Waals surface area contributed by atoms with Crippen LogP contribution in [0.3, 0.4) is 0 Å². The van der Waals surface area contributed by atoms with Crippen LogP contribution in [0.1, 0.15) is 18.9 Å². The van der Waals surface area contributed by atoms with Crippen LogP contribution in [0.2, 0.25) is 0 Å². The van der Waals surface area contributed by atoms with Gasteiger partial charge in [0, 0.05) is 30.4 Å². The van der Waals surface area contributed by atoms with Gasteiger partial charge in [-0.1, -0.05) is 18.2 Å². The third-order valence-corrected chi connectivity index (χ3v) is 4.08. The van der Waals surface area contributed by atoms with E-state index in [0.29, 0.717) is 12.6 Å². The van der Waals surface area contributed by atoms with Gasteiger partial charge in [-0.15, -0.1) is 0 Å². The maximum atomic E-state index is 10.9. The molecule has 3 rings (SSSR count). The molecular formula is C15H18N2O. The van der Waals surface area contributed by atoms with Gasteiger partial charge in [-0.05, 0) is 37.4 Å². The molecule has 3 nitrogen and oxygen atoms in total. The molecule has 94 valence electrons. The number of hydrogen-bond donors (Lipinski definition) is 1. The number of aliphatic hydroxyl groups is 1. The van der Waals surface area contributed by atoms with E-state index in [0.717, 1.165) is 22.8 Å². The number of benzene rings is 1. The minimum Gasteiger partial charge on any atom is -0.384 e. The summed E-state index contributed by atoms with van der Waals surface area (Å²) < 4.78 is 0. The fraction of sp³-hybridized carbons (Fsp3) is 0.400. The van der Waals surface area contributed by atoms with E-state index in [1.165, 1.54) is 0 Å². The molecule has 1 saturated heterocycles. The molecule has 0 amide bonds. The molecule has 0 spiro atoms. The molecule has 3 heteroatoms. The van der Waals surface area contributed by atoms with Crippen LogP contribution < -0.4 is 0 Å². The quantitative estimate of drug-likeness (QED) is 0.832. The highest BCUT2D eigenvalue weighted by Gasteiger charge is 2.41. The van der Waals surface area contributed by atoms with Gasteiger partial charge in [0.2, 0.25) is 0 Å². The zero-order chi connectivity index (χ0) is 12.8. The molecule has 0 bridgehead atoms. The van der Waals surface area contributed by atoms with E-state index in [2.05, 4.69) is 29.9 Å². The molecule has 1 aliphatic rings. The average molecular weight is 242 g/mol. The van der Waals surface area contributed by atoms with Crippen molar-refractivity contribution in [1.82, 2.24) is 9.88 Å². The second kappa shape index (κ2) is 4.04. The molecule has 18 heavy (non-hydrogen) atoms. The van der Waals surface area contributed by atoms with Gasteiger partial charge >= 0.3 is 0 Å². The van der Waals surface area contributed by atoms with Gasteiger partial charge in [-0.3, -0.25) is 4.98 Å². The van der Waals surface area contributed by atoms with Crippen molar-refractivity contribution in [2.75, 3.05) is 13.6 Å². The van der Waals surface area contributed by atoms with Gasteiger partial charge in [0.25, 0.3) is 0 Å². The highest BCUT2D eigenvalue weighted by atomic mass is 16.3. The molecule has 0 saturated carbocycles. The second-order valence-corrected chi connectivity index (χ2v) is 5.40. The van der Waals surface area contributed by atoms with E-state index in [-0.39, 0.29) is 0 Å². The van der Waals surface area contributed by atoms with E-state index >= 15 is 0 Å². The Morgan fingerprint density at radius 2 is 2.22 bits per heavy atom. The molecule has 1 aromatic heterocycles. The van der Waals surface area contributed by atoms with Crippen molar-refractivity contribution in [2.45, 2.75) is 25.0 Å². The molecule has 0 radical (unpaired) electrons.